The van der Waals surface area contributed by atoms with E-state index in [1.807, 2.05) is 6.07 Å². The van der Waals surface area contributed by atoms with Crippen LogP contribution in [-0.2, 0) is 16.1 Å². The first-order valence-corrected chi connectivity index (χ1v) is 5.68. The Morgan fingerprint density at radius 1 is 1.35 bits per heavy atom. The fourth-order valence-electron chi connectivity index (χ4n) is 1.27. The summed E-state index contributed by atoms with van der Waals surface area (Å²) >= 11 is 3.35. The van der Waals surface area contributed by atoms with Crippen molar-refractivity contribution in [3.63, 3.8) is 0 Å². The topological polar surface area (TPSA) is 67.4 Å². The van der Waals surface area contributed by atoms with Crippen LogP contribution in [0.5, 0.6) is 0 Å². The van der Waals surface area contributed by atoms with Gasteiger partial charge in [-0.3, -0.25) is 20.4 Å². The maximum absolute atomic E-state index is 11.8. The minimum atomic E-state index is -0.381. The second-order valence-electron chi connectivity index (χ2n) is 3.33. The lowest BCUT2D eigenvalue weighted by atomic mass is 10.1. The Morgan fingerprint density at radius 3 is 2.65 bits per heavy atom. The summed E-state index contributed by atoms with van der Waals surface area (Å²) in [5.74, 6) is -0.713. The second-order valence-corrected chi connectivity index (χ2v) is 4.19. The van der Waals surface area contributed by atoms with Gasteiger partial charge in [0.2, 0.25) is 5.91 Å². The summed E-state index contributed by atoms with van der Waals surface area (Å²) in [6.07, 6.45) is 0. The Balaban J connectivity index is 2.92. The van der Waals surface area contributed by atoms with Crippen molar-refractivity contribution in [2.75, 3.05) is 7.11 Å². The summed E-state index contributed by atoms with van der Waals surface area (Å²) in [6.45, 7) is 1.63. The fourth-order valence-corrected chi connectivity index (χ4v) is 1.76. The first kappa shape index (κ1) is 13.7. The van der Waals surface area contributed by atoms with Crippen LogP contribution in [0.1, 0.15) is 22.8 Å². The Labute approximate surface area is 108 Å². The number of carbonyl (C=O) groups is 2. The standard InChI is InChI=1S/C11H13BrN2O3/c1-7(15)13-14-11(16)8-4-3-5-10(12)9(8)6-17-2/h3-5H,6H2,1-2H3,(H,13,15)(H,14,16). The van der Waals surface area contributed by atoms with Crippen LogP contribution in [0.4, 0.5) is 0 Å². The molecule has 0 aliphatic rings. The summed E-state index contributed by atoms with van der Waals surface area (Å²) in [4.78, 5) is 22.5. The molecule has 92 valence electrons. The van der Waals surface area contributed by atoms with Gasteiger partial charge in [0.25, 0.3) is 5.91 Å². The van der Waals surface area contributed by atoms with Crippen LogP contribution >= 0.6 is 15.9 Å². The van der Waals surface area contributed by atoms with Gasteiger partial charge in [-0.15, -0.1) is 0 Å². The van der Waals surface area contributed by atoms with Gasteiger partial charge in [0, 0.05) is 29.6 Å². The SMILES string of the molecule is COCc1c(Br)cccc1C(=O)NNC(C)=O. The molecule has 1 rings (SSSR count). The molecule has 0 atom stereocenters. The first-order valence-electron chi connectivity index (χ1n) is 4.89. The van der Waals surface area contributed by atoms with Gasteiger partial charge in [-0.1, -0.05) is 22.0 Å². The average molecular weight is 301 g/mol. The van der Waals surface area contributed by atoms with Gasteiger partial charge in [0.1, 0.15) is 0 Å². The molecule has 2 N–H and O–H groups in total. The summed E-state index contributed by atoms with van der Waals surface area (Å²) in [7, 11) is 1.55. The fraction of sp³-hybridized carbons (Fsp3) is 0.273. The number of hydrogen-bond acceptors (Lipinski definition) is 3. The van der Waals surface area contributed by atoms with Crippen molar-refractivity contribution < 1.29 is 14.3 Å². The van der Waals surface area contributed by atoms with Crippen molar-refractivity contribution in [1.29, 1.82) is 0 Å². The van der Waals surface area contributed by atoms with Crippen molar-refractivity contribution in [3.05, 3.63) is 33.8 Å². The number of amides is 2. The Hall–Kier alpha value is -1.40. The summed E-state index contributed by atoms with van der Waals surface area (Å²) in [5.41, 5.74) is 5.74. The largest absolute Gasteiger partial charge is 0.380 e. The van der Waals surface area contributed by atoms with Crippen LogP contribution in [0.25, 0.3) is 0 Å². The zero-order valence-corrected chi connectivity index (χ0v) is 11.1. The van der Waals surface area contributed by atoms with Crippen molar-refractivity contribution in [2.45, 2.75) is 13.5 Å². The summed E-state index contributed by atoms with van der Waals surface area (Å²) < 4.78 is 5.81. The predicted octanol–water partition coefficient (Wildman–Crippen LogP) is 1.38. The number of nitrogens with one attached hydrogen (secondary N) is 2. The van der Waals surface area contributed by atoms with E-state index >= 15 is 0 Å². The molecule has 0 bridgehead atoms. The normalized spacial score (nSPS) is 9.82. The Bertz CT molecular complexity index is 435. The van der Waals surface area contributed by atoms with E-state index in [1.54, 1.807) is 19.2 Å². The molecule has 0 radical (unpaired) electrons. The van der Waals surface area contributed by atoms with E-state index < -0.39 is 0 Å². The van der Waals surface area contributed by atoms with Gasteiger partial charge >= 0.3 is 0 Å². The molecule has 5 nitrogen and oxygen atoms in total. The third-order valence-corrected chi connectivity index (χ3v) is 2.75. The number of hydrogen-bond donors (Lipinski definition) is 2. The van der Waals surface area contributed by atoms with Gasteiger partial charge in [-0.2, -0.15) is 0 Å². The van der Waals surface area contributed by atoms with Crippen LogP contribution in [0.2, 0.25) is 0 Å². The smallest absolute Gasteiger partial charge is 0.270 e. The average Bonchev–Trinajstić information content (AvgIpc) is 2.29. The molecular weight excluding hydrogens is 288 g/mol. The van der Waals surface area contributed by atoms with E-state index in [4.69, 9.17) is 4.74 Å². The number of methoxy groups -OCH3 is 1. The van der Waals surface area contributed by atoms with Crippen LogP contribution in [0.3, 0.4) is 0 Å². The number of halogens is 1. The van der Waals surface area contributed by atoms with Gasteiger partial charge in [-0.05, 0) is 12.1 Å². The molecule has 6 heteroatoms. The van der Waals surface area contributed by atoms with Crippen molar-refractivity contribution >= 4 is 27.7 Å². The maximum atomic E-state index is 11.8. The van der Waals surface area contributed by atoms with Crippen molar-refractivity contribution in [2.24, 2.45) is 0 Å². The van der Waals surface area contributed by atoms with E-state index in [9.17, 15) is 9.59 Å². The van der Waals surface area contributed by atoms with E-state index in [0.29, 0.717) is 12.2 Å². The predicted molar refractivity (Wildman–Crippen MR) is 66.1 cm³/mol. The second kappa shape index (κ2) is 6.36. The molecule has 2 amide bonds. The third kappa shape index (κ3) is 3.83. The van der Waals surface area contributed by atoms with Gasteiger partial charge in [0.05, 0.1) is 6.61 Å². The molecular formula is C11H13BrN2O3. The van der Waals surface area contributed by atoms with Crippen molar-refractivity contribution in [3.8, 4) is 0 Å². The van der Waals surface area contributed by atoms with Gasteiger partial charge in [-0.25, -0.2) is 0 Å². The Morgan fingerprint density at radius 2 is 2.06 bits per heavy atom. The highest BCUT2D eigenvalue weighted by Crippen LogP contribution is 2.21. The van der Waals surface area contributed by atoms with Gasteiger partial charge < -0.3 is 4.74 Å². The minimum Gasteiger partial charge on any atom is -0.380 e. The molecule has 0 fully saturated rings. The number of rotatable bonds is 3. The maximum Gasteiger partial charge on any atom is 0.270 e. The molecule has 0 unspecified atom stereocenters. The first-order chi connectivity index (χ1) is 8.06. The minimum absolute atomic E-state index is 0.310. The van der Waals surface area contributed by atoms with Gasteiger partial charge in [0.15, 0.2) is 0 Å². The quantitative estimate of drug-likeness (QED) is 0.829. The van der Waals surface area contributed by atoms with Crippen LogP contribution < -0.4 is 10.9 Å². The van der Waals surface area contributed by atoms with E-state index in [1.165, 1.54) is 6.92 Å². The Kier molecular flexibility index (Phi) is 5.11. The zero-order valence-electron chi connectivity index (χ0n) is 9.54. The molecule has 1 aromatic rings. The monoisotopic (exact) mass is 300 g/mol. The van der Waals surface area contributed by atoms with Crippen LogP contribution in [0.15, 0.2) is 22.7 Å². The lowest BCUT2D eigenvalue weighted by Gasteiger charge is -2.11. The molecule has 0 aliphatic carbocycles. The molecule has 0 heterocycles. The molecule has 0 spiro atoms. The highest BCUT2D eigenvalue weighted by molar-refractivity contribution is 9.10. The van der Waals surface area contributed by atoms with Crippen LogP contribution in [0, 0.1) is 0 Å². The van der Waals surface area contributed by atoms with E-state index in [-0.39, 0.29) is 11.8 Å². The number of carbonyl (C=O) groups excluding carboxylic acids is 2. The van der Waals surface area contributed by atoms with Crippen molar-refractivity contribution in [1.82, 2.24) is 10.9 Å². The molecule has 1 aromatic carbocycles. The molecule has 0 saturated carbocycles. The highest BCUT2D eigenvalue weighted by Gasteiger charge is 2.13. The highest BCUT2D eigenvalue weighted by atomic mass is 79.9. The van der Waals surface area contributed by atoms with E-state index in [0.717, 1.165) is 10.0 Å². The van der Waals surface area contributed by atoms with Crippen LogP contribution in [-0.4, -0.2) is 18.9 Å². The number of ether oxygens (including phenoxy) is 1. The number of benzene rings is 1. The lowest BCUT2D eigenvalue weighted by molar-refractivity contribution is -0.119. The van der Waals surface area contributed by atoms with E-state index in [2.05, 4.69) is 26.8 Å². The summed E-state index contributed by atoms with van der Waals surface area (Å²) in [5, 5.41) is 0. The molecule has 0 aliphatic heterocycles. The third-order valence-electron chi connectivity index (χ3n) is 2.00. The summed E-state index contributed by atoms with van der Waals surface area (Å²) in [6, 6.07) is 5.23. The lowest BCUT2D eigenvalue weighted by Crippen LogP contribution is -2.40. The number of hydrazine groups is 1. The molecule has 0 saturated heterocycles. The molecule has 17 heavy (non-hydrogen) atoms. The zero-order chi connectivity index (χ0) is 12.8. The molecule has 0 aromatic heterocycles.